The number of carbonyl (C=O) groups is 2. The van der Waals surface area contributed by atoms with E-state index < -0.39 is 5.92 Å². The Morgan fingerprint density at radius 1 is 1.35 bits per heavy atom. The molecular formula is C19H28N2O4S. The third-order valence-corrected chi connectivity index (χ3v) is 5.36. The number of hydrogen-bond acceptors (Lipinski definition) is 6. The van der Waals surface area contributed by atoms with Crippen molar-refractivity contribution in [3.63, 3.8) is 0 Å². The zero-order valence-electron chi connectivity index (χ0n) is 15.5. The normalized spacial score (nSPS) is 18.0. The van der Waals surface area contributed by atoms with Crippen LogP contribution in [0.1, 0.15) is 18.9 Å². The Morgan fingerprint density at radius 3 is 2.73 bits per heavy atom. The van der Waals surface area contributed by atoms with E-state index in [1.54, 1.807) is 0 Å². The molecule has 1 aromatic rings. The molecule has 2 unspecified atom stereocenters. The van der Waals surface area contributed by atoms with Crippen molar-refractivity contribution in [2.45, 2.75) is 25.8 Å². The molecule has 1 aliphatic rings. The van der Waals surface area contributed by atoms with Gasteiger partial charge in [0.05, 0.1) is 19.6 Å². The Labute approximate surface area is 159 Å². The molecule has 0 aromatic heterocycles. The van der Waals surface area contributed by atoms with E-state index in [-0.39, 0.29) is 24.5 Å². The molecule has 1 aromatic carbocycles. The molecule has 6 nitrogen and oxygen atoms in total. The van der Waals surface area contributed by atoms with E-state index in [2.05, 4.69) is 10.6 Å². The number of esters is 1. The number of amides is 1. The van der Waals surface area contributed by atoms with Crippen molar-refractivity contribution in [2.24, 2.45) is 5.92 Å². The number of carbonyl (C=O) groups excluding carboxylic acids is 2. The third kappa shape index (κ3) is 6.88. The van der Waals surface area contributed by atoms with Crippen LogP contribution in [0.3, 0.4) is 0 Å². The van der Waals surface area contributed by atoms with Crippen LogP contribution in [0, 0.1) is 5.92 Å². The van der Waals surface area contributed by atoms with E-state index in [1.165, 1.54) is 7.11 Å². The lowest BCUT2D eigenvalue weighted by molar-refractivity contribution is -0.145. The smallest absolute Gasteiger partial charge is 0.310 e. The van der Waals surface area contributed by atoms with Crippen LogP contribution in [0.15, 0.2) is 24.3 Å². The fourth-order valence-corrected chi connectivity index (χ4v) is 3.81. The zero-order valence-corrected chi connectivity index (χ0v) is 16.3. The minimum absolute atomic E-state index is 0.0365. The van der Waals surface area contributed by atoms with E-state index >= 15 is 0 Å². The van der Waals surface area contributed by atoms with Gasteiger partial charge in [-0.1, -0.05) is 12.1 Å². The SMILES string of the molecule is CCOc1ccc(CC(CNC(=O)CC2CSCCN2)C(=O)OC)cc1. The second-order valence-electron chi connectivity index (χ2n) is 6.24. The van der Waals surface area contributed by atoms with Gasteiger partial charge in [0.15, 0.2) is 0 Å². The first-order valence-electron chi connectivity index (χ1n) is 8.99. The number of rotatable bonds is 9. The van der Waals surface area contributed by atoms with Crippen molar-refractivity contribution < 1.29 is 19.1 Å². The summed E-state index contributed by atoms with van der Waals surface area (Å²) < 4.78 is 10.3. The summed E-state index contributed by atoms with van der Waals surface area (Å²) in [6.45, 7) is 3.76. The fraction of sp³-hybridized carbons (Fsp3) is 0.579. The van der Waals surface area contributed by atoms with Gasteiger partial charge in [0, 0.05) is 37.1 Å². The van der Waals surface area contributed by atoms with Crippen molar-refractivity contribution >= 4 is 23.6 Å². The molecule has 144 valence electrons. The molecule has 2 rings (SSSR count). The predicted molar refractivity (Wildman–Crippen MR) is 104 cm³/mol. The second kappa shape index (κ2) is 11.1. The molecule has 0 spiro atoms. The summed E-state index contributed by atoms with van der Waals surface area (Å²) in [6.07, 6.45) is 0.945. The van der Waals surface area contributed by atoms with Crippen molar-refractivity contribution in [3.8, 4) is 5.75 Å². The van der Waals surface area contributed by atoms with Gasteiger partial charge < -0.3 is 20.1 Å². The first-order valence-corrected chi connectivity index (χ1v) is 10.1. The molecule has 1 amide bonds. The minimum Gasteiger partial charge on any atom is -0.494 e. The van der Waals surface area contributed by atoms with Crippen molar-refractivity contribution in [3.05, 3.63) is 29.8 Å². The van der Waals surface area contributed by atoms with Crippen LogP contribution in [0.4, 0.5) is 0 Å². The maximum atomic E-state index is 12.2. The van der Waals surface area contributed by atoms with Crippen LogP contribution in [0.5, 0.6) is 5.75 Å². The average molecular weight is 381 g/mol. The first-order chi connectivity index (χ1) is 12.6. The maximum absolute atomic E-state index is 12.2. The molecule has 1 heterocycles. The molecule has 2 N–H and O–H groups in total. The molecule has 0 aliphatic carbocycles. The molecule has 1 fully saturated rings. The number of hydrogen-bond donors (Lipinski definition) is 2. The van der Waals surface area contributed by atoms with Crippen LogP contribution in [-0.4, -0.2) is 56.2 Å². The van der Waals surface area contributed by atoms with Gasteiger partial charge >= 0.3 is 5.97 Å². The third-order valence-electron chi connectivity index (χ3n) is 4.23. The summed E-state index contributed by atoms with van der Waals surface area (Å²) in [5.74, 6) is 2.08. The Bertz CT molecular complexity index is 573. The Balaban J connectivity index is 1.85. The van der Waals surface area contributed by atoms with Crippen LogP contribution in [0.2, 0.25) is 0 Å². The summed E-state index contributed by atoms with van der Waals surface area (Å²) in [7, 11) is 1.37. The van der Waals surface area contributed by atoms with Gasteiger partial charge in [-0.2, -0.15) is 11.8 Å². The first kappa shape index (κ1) is 20.6. The summed E-state index contributed by atoms with van der Waals surface area (Å²) in [5.41, 5.74) is 1.00. The highest BCUT2D eigenvalue weighted by atomic mass is 32.2. The van der Waals surface area contributed by atoms with Gasteiger partial charge in [0.1, 0.15) is 5.75 Å². The Kier molecular flexibility index (Phi) is 8.77. The zero-order chi connectivity index (χ0) is 18.8. The molecule has 0 bridgehead atoms. The summed E-state index contributed by atoms with van der Waals surface area (Å²) >= 11 is 1.86. The maximum Gasteiger partial charge on any atom is 0.310 e. The highest BCUT2D eigenvalue weighted by Crippen LogP contribution is 2.16. The van der Waals surface area contributed by atoms with Crippen molar-refractivity contribution in [1.82, 2.24) is 10.6 Å². The molecular weight excluding hydrogens is 352 g/mol. The molecule has 0 radical (unpaired) electrons. The van der Waals surface area contributed by atoms with E-state index in [0.717, 1.165) is 29.4 Å². The van der Waals surface area contributed by atoms with Crippen LogP contribution < -0.4 is 15.4 Å². The Hall–Kier alpha value is -1.73. The molecule has 1 aliphatic heterocycles. The van der Waals surface area contributed by atoms with Gasteiger partial charge in [-0.3, -0.25) is 9.59 Å². The topological polar surface area (TPSA) is 76.7 Å². The molecule has 2 atom stereocenters. The van der Waals surface area contributed by atoms with Gasteiger partial charge in [0.2, 0.25) is 5.91 Å². The highest BCUT2D eigenvalue weighted by Gasteiger charge is 2.22. The van der Waals surface area contributed by atoms with Crippen LogP contribution in [0.25, 0.3) is 0 Å². The van der Waals surface area contributed by atoms with E-state index in [4.69, 9.17) is 9.47 Å². The fourth-order valence-electron chi connectivity index (χ4n) is 2.86. The predicted octanol–water partition coefficient (Wildman–Crippen LogP) is 1.63. The van der Waals surface area contributed by atoms with Crippen molar-refractivity contribution in [2.75, 3.05) is 38.3 Å². The Morgan fingerprint density at radius 2 is 2.12 bits per heavy atom. The number of nitrogens with one attached hydrogen (secondary N) is 2. The minimum atomic E-state index is -0.407. The highest BCUT2D eigenvalue weighted by molar-refractivity contribution is 7.99. The van der Waals surface area contributed by atoms with Gasteiger partial charge in [-0.15, -0.1) is 0 Å². The van der Waals surface area contributed by atoms with Crippen molar-refractivity contribution in [1.29, 1.82) is 0 Å². The second-order valence-corrected chi connectivity index (χ2v) is 7.39. The lowest BCUT2D eigenvalue weighted by atomic mass is 9.99. The van der Waals surface area contributed by atoms with E-state index in [9.17, 15) is 9.59 Å². The van der Waals surface area contributed by atoms with E-state index in [1.807, 2.05) is 43.0 Å². The van der Waals surface area contributed by atoms with Gasteiger partial charge in [-0.05, 0) is 31.0 Å². The largest absolute Gasteiger partial charge is 0.494 e. The van der Waals surface area contributed by atoms with Gasteiger partial charge in [0.25, 0.3) is 0 Å². The van der Waals surface area contributed by atoms with Crippen LogP contribution in [-0.2, 0) is 20.7 Å². The van der Waals surface area contributed by atoms with E-state index in [0.29, 0.717) is 19.4 Å². The molecule has 7 heteroatoms. The summed E-state index contributed by atoms with van der Waals surface area (Å²) in [4.78, 5) is 24.2. The molecule has 0 saturated carbocycles. The quantitative estimate of drug-likeness (QED) is 0.634. The monoisotopic (exact) mass is 380 g/mol. The number of thioether (sulfide) groups is 1. The lowest BCUT2D eigenvalue weighted by Gasteiger charge is -2.23. The average Bonchev–Trinajstić information content (AvgIpc) is 2.67. The summed E-state index contributed by atoms with van der Waals surface area (Å²) in [5, 5.41) is 6.23. The lowest BCUT2D eigenvalue weighted by Crippen LogP contribution is -2.42. The number of ether oxygens (including phenoxy) is 2. The standard InChI is InChI=1S/C19H28N2O4S/c1-3-25-17-6-4-14(5-7-17)10-15(19(23)24-2)12-21-18(22)11-16-13-26-9-8-20-16/h4-7,15-16,20H,3,8-13H2,1-2H3,(H,21,22). The summed E-state index contributed by atoms with van der Waals surface area (Å²) in [6, 6.07) is 7.85. The number of methoxy groups -OCH3 is 1. The molecule has 26 heavy (non-hydrogen) atoms. The van der Waals surface area contributed by atoms with Crippen LogP contribution >= 0.6 is 11.8 Å². The molecule has 1 saturated heterocycles. The van der Waals surface area contributed by atoms with Gasteiger partial charge in [-0.25, -0.2) is 0 Å². The number of benzene rings is 1.